The van der Waals surface area contributed by atoms with Crippen LogP contribution in [0.4, 0.5) is 11.8 Å². The lowest BCUT2D eigenvalue weighted by atomic mass is 9.91. The van der Waals surface area contributed by atoms with Crippen LogP contribution < -0.4 is 10.6 Å². The molecule has 0 radical (unpaired) electrons. The Morgan fingerprint density at radius 1 is 0.875 bits per heavy atom. The molecule has 1 aliphatic heterocycles. The molecule has 3 aromatic heterocycles. The number of aliphatic hydroxyl groups is 3. The predicted molar refractivity (Wildman–Crippen MR) is 177 cm³/mol. The fourth-order valence-electron chi connectivity index (χ4n) is 6.05. The summed E-state index contributed by atoms with van der Waals surface area (Å²) in [5, 5.41) is 51.1. The first-order valence-electron chi connectivity index (χ1n) is 15.7. The van der Waals surface area contributed by atoms with Gasteiger partial charge in [0, 0.05) is 12.5 Å². The molecule has 0 spiro atoms. The van der Waals surface area contributed by atoms with Crippen LogP contribution in [-0.4, -0.2) is 86.4 Å². The Morgan fingerprint density at radius 2 is 1.54 bits per heavy atom. The summed E-state index contributed by atoms with van der Waals surface area (Å²) in [6, 6.07) is 29.9. The molecule has 5 N–H and O–H groups in total. The van der Waals surface area contributed by atoms with Gasteiger partial charge in [-0.3, -0.25) is 4.57 Å². The number of tetrazole rings is 1. The van der Waals surface area contributed by atoms with Gasteiger partial charge in [-0.05, 0) is 28.3 Å². The molecule has 4 heterocycles. The van der Waals surface area contributed by atoms with Crippen LogP contribution in [0.1, 0.15) is 40.8 Å². The summed E-state index contributed by atoms with van der Waals surface area (Å²) in [6.45, 7) is 0.327. The second-order valence-electron chi connectivity index (χ2n) is 11.8. The number of nitrogens with zero attached hydrogens (tertiary/aromatic N) is 8. The van der Waals surface area contributed by atoms with Gasteiger partial charge in [0.15, 0.2) is 29.3 Å². The smallest absolute Gasteiger partial charge is 0.227 e. The number of aliphatic hydroxyl groups excluding tert-OH is 3. The Bertz CT molecular complexity index is 1900. The zero-order valence-electron chi connectivity index (χ0n) is 26.2. The first-order chi connectivity index (χ1) is 23.5. The Kier molecular flexibility index (Phi) is 9.03. The van der Waals surface area contributed by atoms with Gasteiger partial charge in [-0.25, -0.2) is 4.98 Å². The fourth-order valence-corrected chi connectivity index (χ4v) is 6.05. The van der Waals surface area contributed by atoms with Gasteiger partial charge in [0.2, 0.25) is 11.8 Å². The van der Waals surface area contributed by atoms with Crippen molar-refractivity contribution in [1.29, 1.82) is 0 Å². The Morgan fingerprint density at radius 3 is 2.17 bits per heavy atom. The van der Waals surface area contributed by atoms with Crippen LogP contribution in [0, 0.1) is 0 Å². The summed E-state index contributed by atoms with van der Waals surface area (Å²) < 4.78 is 7.68. The number of hydrogen-bond acceptors (Lipinski definition) is 12. The third-order valence-electron chi connectivity index (χ3n) is 8.47. The number of aryl methyl sites for hydroxylation is 1. The molecule has 246 valence electrons. The highest BCUT2D eigenvalue weighted by Gasteiger charge is 2.47. The van der Waals surface area contributed by atoms with Crippen molar-refractivity contribution < 1.29 is 20.1 Å². The molecule has 48 heavy (non-hydrogen) atoms. The first-order valence-corrected chi connectivity index (χ1v) is 15.7. The third kappa shape index (κ3) is 6.46. The number of aromatic nitrogens is 8. The van der Waals surface area contributed by atoms with E-state index in [-0.39, 0.29) is 24.3 Å². The van der Waals surface area contributed by atoms with Gasteiger partial charge in [-0.2, -0.15) is 14.8 Å². The van der Waals surface area contributed by atoms with Crippen LogP contribution in [0.5, 0.6) is 0 Å². The normalized spacial score (nSPS) is 19.9. The predicted octanol–water partition coefficient (Wildman–Crippen LogP) is 2.60. The van der Waals surface area contributed by atoms with E-state index in [9.17, 15) is 15.3 Å². The van der Waals surface area contributed by atoms with Crippen LogP contribution in [0.3, 0.4) is 0 Å². The van der Waals surface area contributed by atoms with Crippen LogP contribution in [0.25, 0.3) is 11.2 Å². The Balaban J connectivity index is 1.25. The molecule has 6 aromatic rings. The van der Waals surface area contributed by atoms with Gasteiger partial charge in [0.05, 0.1) is 26.0 Å². The largest absolute Gasteiger partial charge is 0.394 e. The summed E-state index contributed by atoms with van der Waals surface area (Å²) in [7, 11) is 1.60. The van der Waals surface area contributed by atoms with E-state index in [1.807, 2.05) is 66.7 Å². The van der Waals surface area contributed by atoms with Gasteiger partial charge in [0.1, 0.15) is 12.2 Å². The molecule has 14 nitrogen and oxygen atoms in total. The van der Waals surface area contributed by atoms with E-state index in [1.54, 1.807) is 11.6 Å². The summed E-state index contributed by atoms with van der Waals surface area (Å²) in [6.07, 6.45) is -2.71. The van der Waals surface area contributed by atoms with Crippen molar-refractivity contribution in [3.8, 4) is 0 Å². The summed E-state index contributed by atoms with van der Waals surface area (Å²) in [4.78, 5) is 15.5. The zero-order valence-corrected chi connectivity index (χ0v) is 26.2. The van der Waals surface area contributed by atoms with E-state index in [2.05, 4.69) is 55.3 Å². The number of ether oxygens (including phenoxy) is 1. The minimum atomic E-state index is -1.34. The minimum Gasteiger partial charge on any atom is -0.394 e. The van der Waals surface area contributed by atoms with Crippen molar-refractivity contribution in [2.24, 2.45) is 7.05 Å². The van der Waals surface area contributed by atoms with E-state index in [0.29, 0.717) is 29.9 Å². The van der Waals surface area contributed by atoms with Gasteiger partial charge in [0.25, 0.3) is 0 Å². The molecule has 7 rings (SSSR count). The SMILES string of the molecule is Cn1nnc([C@H]2O[C@@H](n3cnc4c(NCC(c5ccccc5)c5ccccc5)nc(N[C@H](CO)Cc5ccccc5)nc43)[C@H](O)[C@@H]2O)n1. The molecular formula is C34H36N10O4. The molecule has 5 atom stereocenters. The number of benzene rings is 3. The molecule has 1 fully saturated rings. The van der Waals surface area contributed by atoms with Crippen LogP contribution in [0.15, 0.2) is 97.3 Å². The quantitative estimate of drug-likeness (QED) is 0.131. The topological polar surface area (TPSA) is 181 Å². The molecule has 0 aliphatic carbocycles. The second kappa shape index (κ2) is 13.8. The molecular weight excluding hydrogens is 612 g/mol. The third-order valence-corrected chi connectivity index (χ3v) is 8.47. The van der Waals surface area contributed by atoms with Gasteiger partial charge in [-0.1, -0.05) is 91.0 Å². The van der Waals surface area contributed by atoms with Crippen molar-refractivity contribution in [2.45, 2.75) is 42.9 Å². The van der Waals surface area contributed by atoms with Crippen molar-refractivity contribution >= 4 is 22.9 Å². The lowest BCUT2D eigenvalue weighted by Crippen LogP contribution is -2.29. The molecule has 0 saturated carbocycles. The molecule has 1 saturated heterocycles. The van der Waals surface area contributed by atoms with E-state index in [0.717, 1.165) is 16.7 Å². The van der Waals surface area contributed by atoms with E-state index in [1.165, 1.54) is 11.1 Å². The summed E-state index contributed by atoms with van der Waals surface area (Å²) >= 11 is 0. The zero-order chi connectivity index (χ0) is 33.0. The van der Waals surface area contributed by atoms with Crippen molar-refractivity contribution in [2.75, 3.05) is 23.8 Å². The lowest BCUT2D eigenvalue weighted by molar-refractivity contribution is -0.0384. The molecule has 0 unspecified atom stereocenters. The van der Waals surface area contributed by atoms with Gasteiger partial charge < -0.3 is 30.7 Å². The average molecular weight is 649 g/mol. The van der Waals surface area contributed by atoms with E-state index >= 15 is 0 Å². The monoisotopic (exact) mass is 648 g/mol. The number of hydrogen-bond donors (Lipinski definition) is 5. The molecule has 14 heteroatoms. The molecule has 3 aromatic carbocycles. The van der Waals surface area contributed by atoms with Gasteiger partial charge in [-0.15, -0.1) is 10.2 Å². The highest BCUT2D eigenvalue weighted by atomic mass is 16.6. The molecule has 0 amide bonds. The van der Waals surface area contributed by atoms with Crippen LogP contribution in [0.2, 0.25) is 0 Å². The summed E-state index contributed by atoms with van der Waals surface area (Å²) in [5.41, 5.74) is 4.10. The van der Waals surface area contributed by atoms with E-state index in [4.69, 9.17) is 14.7 Å². The number of fused-ring (bicyclic) bond motifs is 1. The van der Waals surface area contributed by atoms with Crippen LogP contribution in [-0.2, 0) is 18.2 Å². The van der Waals surface area contributed by atoms with E-state index < -0.39 is 30.6 Å². The number of rotatable bonds is 12. The average Bonchev–Trinajstić information content (AvgIpc) is 3.83. The number of nitrogens with one attached hydrogen (secondary N) is 2. The number of anilines is 2. The Hall–Kier alpha value is -5.28. The molecule has 0 bridgehead atoms. The maximum absolute atomic E-state index is 11.1. The minimum absolute atomic E-state index is 0.00504. The lowest BCUT2D eigenvalue weighted by Gasteiger charge is -2.21. The summed E-state index contributed by atoms with van der Waals surface area (Å²) in [5.74, 6) is 0.844. The van der Waals surface area contributed by atoms with Gasteiger partial charge >= 0.3 is 0 Å². The highest BCUT2D eigenvalue weighted by Crippen LogP contribution is 2.39. The van der Waals surface area contributed by atoms with Crippen molar-refractivity contribution in [3.05, 3.63) is 120 Å². The maximum atomic E-state index is 11.1. The van der Waals surface area contributed by atoms with Crippen molar-refractivity contribution in [1.82, 2.24) is 39.7 Å². The van der Waals surface area contributed by atoms with Crippen molar-refractivity contribution in [3.63, 3.8) is 0 Å². The Labute approximate surface area is 276 Å². The van der Waals surface area contributed by atoms with Crippen LogP contribution >= 0.6 is 0 Å². The first kappa shape index (κ1) is 31.3. The highest BCUT2D eigenvalue weighted by molar-refractivity contribution is 5.84. The molecule has 1 aliphatic rings. The standard InChI is InChI=1S/C34H36N10O4/c1-43-41-31(40-42-43)29-27(46)28(47)33(48-29)44-20-36-26-30(35-18-25(22-13-7-3-8-14-22)23-15-9-4-10-16-23)38-34(39-32(26)44)37-24(19-45)17-21-11-5-2-6-12-21/h2-16,20,24-25,27-29,33,45-47H,17-19H2,1H3,(H2,35,37,38,39)/t24-,27-,28+,29-,33+/m0/s1. The second-order valence-corrected chi connectivity index (χ2v) is 11.8. The fraction of sp³-hybridized carbons (Fsp3) is 0.294. The number of imidazole rings is 1. The maximum Gasteiger partial charge on any atom is 0.227 e.